The molecular formula is C24H23ClN4O2. The highest BCUT2D eigenvalue weighted by atomic mass is 35.5. The number of hydrogen-bond donors (Lipinski definition) is 1. The lowest BCUT2D eigenvalue weighted by Gasteiger charge is -2.12. The van der Waals surface area contributed by atoms with Gasteiger partial charge in [-0.2, -0.15) is 0 Å². The number of amides is 1. The van der Waals surface area contributed by atoms with Gasteiger partial charge < -0.3 is 19.4 Å². The van der Waals surface area contributed by atoms with E-state index >= 15 is 0 Å². The van der Waals surface area contributed by atoms with Crippen LogP contribution in [-0.2, 0) is 13.2 Å². The van der Waals surface area contributed by atoms with E-state index in [1.54, 1.807) is 0 Å². The van der Waals surface area contributed by atoms with Crippen LogP contribution in [0.15, 0.2) is 72.9 Å². The van der Waals surface area contributed by atoms with Crippen molar-refractivity contribution in [2.45, 2.75) is 13.2 Å². The summed E-state index contributed by atoms with van der Waals surface area (Å²) < 4.78 is 7.75. The molecule has 0 saturated heterocycles. The van der Waals surface area contributed by atoms with Crippen molar-refractivity contribution >= 4 is 28.8 Å². The highest BCUT2D eigenvalue weighted by Crippen LogP contribution is 2.20. The van der Waals surface area contributed by atoms with Gasteiger partial charge in [0.25, 0.3) is 5.91 Å². The molecule has 0 aliphatic heterocycles. The summed E-state index contributed by atoms with van der Waals surface area (Å²) in [6, 6.07) is 20.5. The van der Waals surface area contributed by atoms with Crippen molar-refractivity contribution in [1.29, 1.82) is 0 Å². The van der Waals surface area contributed by atoms with Crippen LogP contribution in [-0.4, -0.2) is 34.3 Å². The molecule has 158 valence electrons. The number of pyridine rings is 1. The largest absolute Gasteiger partial charge is 0.489 e. The van der Waals surface area contributed by atoms with Crippen molar-refractivity contribution in [2.24, 2.45) is 0 Å². The van der Waals surface area contributed by atoms with Crippen molar-refractivity contribution in [1.82, 2.24) is 14.3 Å². The van der Waals surface area contributed by atoms with Crippen LogP contribution >= 0.6 is 11.6 Å². The van der Waals surface area contributed by atoms with E-state index in [4.69, 9.17) is 16.3 Å². The Labute approximate surface area is 186 Å². The fourth-order valence-electron chi connectivity index (χ4n) is 3.25. The normalized spacial score (nSPS) is 11.1. The van der Waals surface area contributed by atoms with Crippen molar-refractivity contribution < 1.29 is 9.53 Å². The van der Waals surface area contributed by atoms with Crippen LogP contribution in [0, 0.1) is 0 Å². The SMILES string of the molecule is CN(C)Cc1c(C(=O)Nc2ccc(OCc3ccc(Cl)cc3)cc2)nc2ccccn12. The zero-order valence-corrected chi connectivity index (χ0v) is 18.1. The van der Waals surface area contributed by atoms with E-state index in [1.807, 2.05) is 96.3 Å². The number of fused-ring (bicyclic) bond motifs is 1. The topological polar surface area (TPSA) is 58.9 Å². The molecule has 0 unspecified atom stereocenters. The van der Waals surface area contributed by atoms with Crippen molar-refractivity contribution in [3.8, 4) is 5.75 Å². The van der Waals surface area contributed by atoms with Gasteiger partial charge in [-0.1, -0.05) is 29.8 Å². The maximum absolute atomic E-state index is 13.0. The summed E-state index contributed by atoms with van der Waals surface area (Å²) in [6.07, 6.45) is 1.92. The van der Waals surface area contributed by atoms with Gasteiger partial charge in [0, 0.05) is 23.5 Å². The molecule has 0 bridgehead atoms. The van der Waals surface area contributed by atoms with E-state index < -0.39 is 0 Å². The molecule has 2 heterocycles. The summed E-state index contributed by atoms with van der Waals surface area (Å²) in [5.74, 6) is 0.476. The first kappa shape index (κ1) is 20.9. The highest BCUT2D eigenvalue weighted by molar-refractivity contribution is 6.30. The van der Waals surface area contributed by atoms with Crippen LogP contribution in [0.3, 0.4) is 0 Å². The molecule has 2 aromatic carbocycles. The fraction of sp³-hybridized carbons (Fsp3) is 0.167. The third kappa shape index (κ3) is 5.05. The second-order valence-electron chi connectivity index (χ2n) is 7.47. The van der Waals surface area contributed by atoms with Crippen LogP contribution < -0.4 is 10.1 Å². The van der Waals surface area contributed by atoms with E-state index in [0.717, 1.165) is 16.9 Å². The zero-order valence-electron chi connectivity index (χ0n) is 17.4. The summed E-state index contributed by atoms with van der Waals surface area (Å²) in [7, 11) is 3.93. The van der Waals surface area contributed by atoms with Crippen LogP contribution in [0.5, 0.6) is 5.75 Å². The quantitative estimate of drug-likeness (QED) is 0.450. The summed E-state index contributed by atoms with van der Waals surface area (Å²) in [5.41, 5.74) is 3.72. The number of imidazole rings is 1. The lowest BCUT2D eigenvalue weighted by Crippen LogP contribution is -2.19. The third-order valence-electron chi connectivity index (χ3n) is 4.74. The molecule has 0 atom stereocenters. The van der Waals surface area contributed by atoms with Gasteiger partial charge in [-0.25, -0.2) is 4.98 Å². The van der Waals surface area contributed by atoms with Crippen LogP contribution in [0.2, 0.25) is 5.02 Å². The van der Waals surface area contributed by atoms with E-state index in [0.29, 0.717) is 35.3 Å². The second kappa shape index (κ2) is 9.20. The van der Waals surface area contributed by atoms with Gasteiger partial charge >= 0.3 is 0 Å². The Balaban J connectivity index is 1.45. The predicted molar refractivity (Wildman–Crippen MR) is 123 cm³/mol. The molecule has 2 aromatic heterocycles. The minimum absolute atomic E-state index is 0.240. The number of anilines is 1. The molecule has 0 saturated carbocycles. The van der Waals surface area contributed by atoms with E-state index in [2.05, 4.69) is 10.3 Å². The molecule has 0 spiro atoms. The Bertz CT molecular complexity index is 1180. The Hall–Kier alpha value is -3.35. The number of nitrogens with one attached hydrogen (secondary N) is 1. The molecule has 6 nitrogen and oxygen atoms in total. The monoisotopic (exact) mass is 434 g/mol. The number of ether oxygens (including phenoxy) is 1. The lowest BCUT2D eigenvalue weighted by atomic mass is 10.2. The molecule has 4 aromatic rings. The van der Waals surface area contributed by atoms with E-state index in [1.165, 1.54) is 0 Å². The number of carbonyl (C=O) groups excluding carboxylic acids is 1. The first-order valence-electron chi connectivity index (χ1n) is 9.89. The maximum Gasteiger partial charge on any atom is 0.276 e. The van der Waals surface area contributed by atoms with Crippen LogP contribution in [0.4, 0.5) is 5.69 Å². The van der Waals surface area contributed by atoms with Gasteiger partial charge in [0.15, 0.2) is 5.69 Å². The Morgan fingerprint density at radius 1 is 1.06 bits per heavy atom. The number of aromatic nitrogens is 2. The summed E-state index contributed by atoms with van der Waals surface area (Å²) in [6.45, 7) is 1.05. The molecule has 0 aliphatic rings. The smallest absolute Gasteiger partial charge is 0.276 e. The zero-order chi connectivity index (χ0) is 21.8. The lowest BCUT2D eigenvalue weighted by molar-refractivity contribution is 0.102. The van der Waals surface area contributed by atoms with Gasteiger partial charge in [0.2, 0.25) is 0 Å². The van der Waals surface area contributed by atoms with Crippen LogP contribution in [0.1, 0.15) is 21.7 Å². The third-order valence-corrected chi connectivity index (χ3v) is 4.99. The Morgan fingerprint density at radius 2 is 1.81 bits per heavy atom. The van der Waals surface area contributed by atoms with E-state index in [-0.39, 0.29) is 5.91 Å². The molecule has 4 rings (SSSR count). The Morgan fingerprint density at radius 3 is 2.52 bits per heavy atom. The molecular weight excluding hydrogens is 412 g/mol. The second-order valence-corrected chi connectivity index (χ2v) is 7.90. The van der Waals surface area contributed by atoms with Gasteiger partial charge in [-0.15, -0.1) is 0 Å². The van der Waals surface area contributed by atoms with Gasteiger partial charge in [-0.05, 0) is 68.2 Å². The number of carbonyl (C=O) groups is 1. The minimum Gasteiger partial charge on any atom is -0.489 e. The Kier molecular flexibility index (Phi) is 6.21. The molecule has 7 heteroatoms. The highest BCUT2D eigenvalue weighted by Gasteiger charge is 2.19. The molecule has 1 amide bonds. The van der Waals surface area contributed by atoms with Gasteiger partial charge in [-0.3, -0.25) is 4.79 Å². The van der Waals surface area contributed by atoms with Crippen molar-refractivity contribution in [2.75, 3.05) is 19.4 Å². The number of hydrogen-bond acceptors (Lipinski definition) is 4. The first-order chi connectivity index (χ1) is 15.0. The molecule has 0 aliphatic carbocycles. The molecule has 0 radical (unpaired) electrons. The molecule has 31 heavy (non-hydrogen) atoms. The van der Waals surface area contributed by atoms with Gasteiger partial charge in [0.1, 0.15) is 18.0 Å². The minimum atomic E-state index is -0.240. The van der Waals surface area contributed by atoms with Crippen molar-refractivity contribution in [3.05, 3.63) is 94.9 Å². The average molecular weight is 435 g/mol. The standard InChI is InChI=1S/C24H23ClN4O2/c1-28(2)15-21-23(27-22-5-3-4-14-29(21)22)24(30)26-19-10-12-20(13-11-19)31-16-17-6-8-18(25)9-7-17/h3-14H,15-16H2,1-2H3,(H,26,30). The van der Waals surface area contributed by atoms with Gasteiger partial charge in [0.05, 0.1) is 5.69 Å². The molecule has 0 fully saturated rings. The number of halogens is 1. The fourth-order valence-corrected chi connectivity index (χ4v) is 3.38. The van der Waals surface area contributed by atoms with Crippen molar-refractivity contribution in [3.63, 3.8) is 0 Å². The summed E-state index contributed by atoms with van der Waals surface area (Å²) >= 11 is 5.91. The number of rotatable bonds is 7. The predicted octanol–water partition coefficient (Wildman–Crippen LogP) is 4.88. The number of nitrogens with zero attached hydrogens (tertiary/aromatic N) is 3. The molecule has 1 N–H and O–H groups in total. The number of benzene rings is 2. The summed E-state index contributed by atoms with van der Waals surface area (Å²) in [4.78, 5) is 19.5. The first-order valence-corrected chi connectivity index (χ1v) is 10.3. The summed E-state index contributed by atoms with van der Waals surface area (Å²) in [5, 5.41) is 3.63. The maximum atomic E-state index is 13.0. The van der Waals surface area contributed by atoms with Crippen LogP contribution in [0.25, 0.3) is 5.65 Å². The van der Waals surface area contributed by atoms with E-state index in [9.17, 15) is 4.79 Å². The average Bonchev–Trinajstić information content (AvgIpc) is 3.12.